The minimum absolute atomic E-state index is 1.12. The quantitative estimate of drug-likeness (QED) is 0.181. The van der Waals surface area contributed by atoms with Crippen LogP contribution in [0.4, 0.5) is 17.1 Å². The van der Waals surface area contributed by atoms with Crippen LogP contribution in [0.5, 0.6) is 0 Å². The van der Waals surface area contributed by atoms with Gasteiger partial charge in [0.05, 0.1) is 11.0 Å². The maximum absolute atomic E-state index is 2.36. The van der Waals surface area contributed by atoms with Gasteiger partial charge in [-0.05, 0) is 106 Å². The summed E-state index contributed by atoms with van der Waals surface area (Å²) < 4.78 is 2.36. The Balaban J connectivity index is 1.08. The molecule has 48 heavy (non-hydrogen) atoms. The van der Waals surface area contributed by atoms with Gasteiger partial charge < -0.3 is 9.47 Å². The number of fused-ring (bicyclic) bond motifs is 4. The highest BCUT2D eigenvalue weighted by Crippen LogP contribution is 2.38. The molecule has 0 bridgehead atoms. The third-order valence-corrected chi connectivity index (χ3v) is 9.37. The summed E-state index contributed by atoms with van der Waals surface area (Å²) in [5.41, 5.74) is 11.8. The fourth-order valence-electron chi connectivity index (χ4n) is 7.01. The summed E-state index contributed by atoms with van der Waals surface area (Å²) >= 11 is 0. The summed E-state index contributed by atoms with van der Waals surface area (Å²) in [6, 6.07) is 69.8. The van der Waals surface area contributed by atoms with Gasteiger partial charge in [-0.3, -0.25) is 0 Å². The molecule has 2 heteroatoms. The minimum Gasteiger partial charge on any atom is -0.311 e. The van der Waals surface area contributed by atoms with E-state index in [1.54, 1.807) is 0 Å². The molecular formula is C46H32N2. The highest BCUT2D eigenvalue weighted by atomic mass is 15.1. The topological polar surface area (TPSA) is 8.17 Å². The Morgan fingerprint density at radius 3 is 1.52 bits per heavy atom. The molecule has 0 saturated carbocycles. The molecule has 0 unspecified atom stereocenters. The van der Waals surface area contributed by atoms with E-state index in [2.05, 4.69) is 204 Å². The number of aromatic nitrogens is 1. The van der Waals surface area contributed by atoms with Crippen molar-refractivity contribution in [2.75, 3.05) is 4.90 Å². The van der Waals surface area contributed by atoms with Gasteiger partial charge in [0.15, 0.2) is 0 Å². The van der Waals surface area contributed by atoms with Gasteiger partial charge in [0.1, 0.15) is 0 Å². The second-order valence-corrected chi connectivity index (χ2v) is 12.2. The van der Waals surface area contributed by atoms with Crippen LogP contribution in [-0.2, 0) is 0 Å². The molecule has 0 spiro atoms. The van der Waals surface area contributed by atoms with Crippen molar-refractivity contribution < 1.29 is 0 Å². The zero-order chi connectivity index (χ0) is 31.9. The molecule has 0 aliphatic rings. The molecule has 8 aromatic carbocycles. The lowest BCUT2D eigenvalue weighted by Crippen LogP contribution is -2.09. The standard InChI is InChI=1S/C46H32N2/c1-3-13-39(14-4-1)47(41-26-21-34(22-27-41)37-20-19-33-11-7-8-12-36(33)31-37)42-28-23-35(24-29-42)38-25-30-46-44(32-38)43-17-9-10-18-45(43)48(46)40-15-5-2-6-16-40/h1-32H. The Bertz CT molecular complexity index is 2530. The third kappa shape index (κ3) is 4.92. The van der Waals surface area contributed by atoms with Crippen molar-refractivity contribution in [3.63, 3.8) is 0 Å². The molecule has 0 amide bonds. The van der Waals surface area contributed by atoms with E-state index in [4.69, 9.17) is 0 Å². The molecule has 0 aliphatic heterocycles. The van der Waals surface area contributed by atoms with E-state index >= 15 is 0 Å². The highest BCUT2D eigenvalue weighted by molar-refractivity contribution is 6.10. The number of rotatable bonds is 6. The Hall–Kier alpha value is -6.38. The number of benzene rings is 8. The second-order valence-electron chi connectivity index (χ2n) is 12.2. The SMILES string of the molecule is c1ccc(N(c2ccc(-c3ccc4ccccc4c3)cc2)c2ccc(-c3ccc4c(c3)c3ccccc3n4-c3ccccc3)cc2)cc1. The van der Waals surface area contributed by atoms with Crippen molar-refractivity contribution >= 4 is 49.6 Å². The average Bonchev–Trinajstić information content (AvgIpc) is 3.50. The van der Waals surface area contributed by atoms with Crippen LogP contribution in [0.2, 0.25) is 0 Å². The summed E-state index contributed by atoms with van der Waals surface area (Å²) in [5.74, 6) is 0. The van der Waals surface area contributed by atoms with Crippen LogP contribution in [0.25, 0.3) is 60.5 Å². The van der Waals surface area contributed by atoms with Crippen LogP contribution in [-0.4, -0.2) is 4.57 Å². The fourth-order valence-corrected chi connectivity index (χ4v) is 7.01. The summed E-state index contributed by atoms with van der Waals surface area (Å²) in [5, 5.41) is 5.03. The largest absolute Gasteiger partial charge is 0.311 e. The Kier molecular flexibility index (Phi) is 6.84. The first kappa shape index (κ1) is 27.9. The Morgan fingerprint density at radius 2 is 0.812 bits per heavy atom. The number of nitrogens with zero attached hydrogens (tertiary/aromatic N) is 2. The maximum atomic E-state index is 2.36. The van der Waals surface area contributed by atoms with Crippen LogP contribution in [0.1, 0.15) is 0 Å². The highest BCUT2D eigenvalue weighted by Gasteiger charge is 2.15. The average molecular weight is 613 g/mol. The van der Waals surface area contributed by atoms with E-state index in [1.807, 2.05) is 0 Å². The zero-order valence-corrected chi connectivity index (χ0v) is 26.4. The predicted molar refractivity (Wildman–Crippen MR) is 204 cm³/mol. The number of hydrogen-bond donors (Lipinski definition) is 0. The molecule has 2 nitrogen and oxygen atoms in total. The van der Waals surface area contributed by atoms with E-state index in [0.717, 1.165) is 17.1 Å². The lowest BCUT2D eigenvalue weighted by Gasteiger charge is -2.26. The lowest BCUT2D eigenvalue weighted by atomic mass is 10.0. The molecule has 0 N–H and O–H groups in total. The van der Waals surface area contributed by atoms with E-state index in [-0.39, 0.29) is 0 Å². The van der Waals surface area contributed by atoms with Gasteiger partial charge in [0.2, 0.25) is 0 Å². The lowest BCUT2D eigenvalue weighted by molar-refractivity contribution is 1.18. The number of anilines is 3. The maximum Gasteiger partial charge on any atom is 0.0541 e. The first-order valence-electron chi connectivity index (χ1n) is 16.4. The van der Waals surface area contributed by atoms with Crippen LogP contribution >= 0.6 is 0 Å². The van der Waals surface area contributed by atoms with Crippen molar-refractivity contribution in [1.82, 2.24) is 4.57 Å². The predicted octanol–water partition coefficient (Wildman–Crippen LogP) is 12.7. The van der Waals surface area contributed by atoms with Gasteiger partial charge in [-0.25, -0.2) is 0 Å². The van der Waals surface area contributed by atoms with Crippen molar-refractivity contribution in [3.8, 4) is 27.9 Å². The van der Waals surface area contributed by atoms with Crippen LogP contribution < -0.4 is 4.90 Å². The van der Waals surface area contributed by atoms with Crippen LogP contribution in [0.15, 0.2) is 194 Å². The number of hydrogen-bond acceptors (Lipinski definition) is 1. The normalized spacial score (nSPS) is 11.3. The molecule has 1 heterocycles. The minimum atomic E-state index is 1.12. The van der Waals surface area contributed by atoms with Crippen molar-refractivity contribution in [2.24, 2.45) is 0 Å². The van der Waals surface area contributed by atoms with Gasteiger partial charge >= 0.3 is 0 Å². The summed E-state index contributed by atoms with van der Waals surface area (Å²) in [6.07, 6.45) is 0. The summed E-state index contributed by atoms with van der Waals surface area (Å²) in [4.78, 5) is 2.32. The first-order chi connectivity index (χ1) is 23.8. The Morgan fingerprint density at radius 1 is 0.312 bits per heavy atom. The molecule has 226 valence electrons. The van der Waals surface area contributed by atoms with Crippen molar-refractivity contribution in [2.45, 2.75) is 0 Å². The first-order valence-corrected chi connectivity index (χ1v) is 16.4. The zero-order valence-electron chi connectivity index (χ0n) is 26.4. The summed E-state index contributed by atoms with van der Waals surface area (Å²) in [6.45, 7) is 0. The fraction of sp³-hybridized carbons (Fsp3) is 0. The van der Waals surface area contributed by atoms with E-state index in [0.29, 0.717) is 0 Å². The molecular weight excluding hydrogens is 581 g/mol. The van der Waals surface area contributed by atoms with Gasteiger partial charge in [-0.2, -0.15) is 0 Å². The van der Waals surface area contributed by atoms with E-state index in [1.165, 1.54) is 60.5 Å². The van der Waals surface area contributed by atoms with Gasteiger partial charge in [0, 0.05) is 33.5 Å². The molecule has 1 aromatic heterocycles. The third-order valence-electron chi connectivity index (χ3n) is 9.37. The molecule has 0 fully saturated rings. The second kappa shape index (κ2) is 11.8. The molecule has 9 aromatic rings. The molecule has 0 aliphatic carbocycles. The molecule has 9 rings (SSSR count). The van der Waals surface area contributed by atoms with Gasteiger partial charge in [-0.15, -0.1) is 0 Å². The monoisotopic (exact) mass is 612 g/mol. The smallest absolute Gasteiger partial charge is 0.0541 e. The Labute approximate surface area is 280 Å². The van der Waals surface area contributed by atoms with Crippen LogP contribution in [0.3, 0.4) is 0 Å². The number of para-hydroxylation sites is 3. The summed E-state index contributed by atoms with van der Waals surface area (Å²) in [7, 11) is 0. The van der Waals surface area contributed by atoms with Crippen LogP contribution in [0, 0.1) is 0 Å². The van der Waals surface area contributed by atoms with E-state index < -0.39 is 0 Å². The van der Waals surface area contributed by atoms with Crippen molar-refractivity contribution in [1.29, 1.82) is 0 Å². The van der Waals surface area contributed by atoms with Gasteiger partial charge in [0.25, 0.3) is 0 Å². The molecule has 0 atom stereocenters. The van der Waals surface area contributed by atoms with Gasteiger partial charge in [-0.1, -0.05) is 121 Å². The molecule has 0 radical (unpaired) electrons. The van der Waals surface area contributed by atoms with E-state index in [9.17, 15) is 0 Å². The van der Waals surface area contributed by atoms with Crippen molar-refractivity contribution in [3.05, 3.63) is 194 Å². The molecule has 0 saturated heterocycles.